The monoisotopic (exact) mass is 307 g/mol. The second-order valence-corrected chi connectivity index (χ2v) is 5.26. The molecule has 0 aliphatic rings. The molecule has 0 spiro atoms. The molecule has 0 radical (unpaired) electrons. The molecule has 0 atom stereocenters. The average Bonchev–Trinajstić information content (AvgIpc) is 3.01. The average molecular weight is 308 g/mol. The van der Waals surface area contributed by atoms with Gasteiger partial charge in [0.1, 0.15) is 18.0 Å². The molecule has 21 heavy (non-hydrogen) atoms. The summed E-state index contributed by atoms with van der Waals surface area (Å²) in [7, 11) is 1.83. The van der Waals surface area contributed by atoms with Gasteiger partial charge in [-0.15, -0.1) is 11.6 Å². The maximum atomic E-state index is 13.6. The van der Waals surface area contributed by atoms with E-state index in [1.807, 2.05) is 11.6 Å². The Kier molecular flexibility index (Phi) is 3.63. The van der Waals surface area contributed by atoms with Crippen molar-refractivity contribution in [2.45, 2.75) is 25.8 Å². The number of benzene rings is 1. The third-order valence-corrected chi connectivity index (χ3v) is 3.67. The van der Waals surface area contributed by atoms with E-state index in [9.17, 15) is 4.39 Å². The summed E-state index contributed by atoms with van der Waals surface area (Å²) in [5, 5.41) is 4.26. The molecular weight excluding hydrogens is 293 g/mol. The molecule has 0 bridgehead atoms. The van der Waals surface area contributed by atoms with Crippen molar-refractivity contribution < 1.29 is 4.39 Å². The van der Waals surface area contributed by atoms with Crippen molar-refractivity contribution in [1.29, 1.82) is 0 Å². The molecule has 7 heteroatoms. The summed E-state index contributed by atoms with van der Waals surface area (Å²) < 4.78 is 17.3. The van der Waals surface area contributed by atoms with Crippen molar-refractivity contribution >= 4 is 22.6 Å². The van der Waals surface area contributed by atoms with E-state index in [0.717, 1.165) is 17.2 Å². The van der Waals surface area contributed by atoms with Gasteiger partial charge in [-0.25, -0.2) is 14.4 Å². The normalized spacial score (nSPS) is 11.4. The van der Waals surface area contributed by atoms with Crippen LogP contribution >= 0.6 is 11.6 Å². The summed E-state index contributed by atoms with van der Waals surface area (Å²) in [6.07, 6.45) is 2.34. The van der Waals surface area contributed by atoms with Crippen molar-refractivity contribution in [3.8, 4) is 0 Å². The van der Waals surface area contributed by atoms with Crippen LogP contribution in [-0.2, 0) is 25.9 Å². The zero-order valence-corrected chi connectivity index (χ0v) is 12.6. The van der Waals surface area contributed by atoms with Gasteiger partial charge < -0.3 is 4.57 Å². The Balaban J connectivity index is 1.97. The summed E-state index contributed by atoms with van der Waals surface area (Å²) in [4.78, 5) is 8.60. The van der Waals surface area contributed by atoms with Gasteiger partial charge in [0.2, 0.25) is 0 Å². The first kappa shape index (κ1) is 14.0. The highest BCUT2D eigenvalue weighted by atomic mass is 35.5. The van der Waals surface area contributed by atoms with Gasteiger partial charge in [0, 0.05) is 26.1 Å². The first-order valence-corrected chi connectivity index (χ1v) is 7.17. The third kappa shape index (κ3) is 2.63. The van der Waals surface area contributed by atoms with Gasteiger partial charge in [0.15, 0.2) is 5.82 Å². The molecule has 3 aromatic rings. The van der Waals surface area contributed by atoms with E-state index in [1.54, 1.807) is 24.0 Å². The molecule has 0 fully saturated rings. The van der Waals surface area contributed by atoms with Crippen LogP contribution in [0.1, 0.15) is 17.2 Å². The number of alkyl halides is 1. The van der Waals surface area contributed by atoms with E-state index in [0.29, 0.717) is 24.0 Å². The Hall–Kier alpha value is -1.95. The fourth-order valence-corrected chi connectivity index (χ4v) is 2.57. The molecule has 2 heterocycles. The molecule has 1 aromatic carbocycles. The number of nitrogens with zero attached hydrogens (tertiary/aromatic N) is 5. The van der Waals surface area contributed by atoms with Crippen molar-refractivity contribution in [3.05, 3.63) is 41.5 Å². The van der Waals surface area contributed by atoms with Gasteiger partial charge in [-0.1, -0.05) is 0 Å². The lowest BCUT2D eigenvalue weighted by Gasteiger charge is -2.06. The fourth-order valence-electron chi connectivity index (χ4n) is 2.36. The largest absolute Gasteiger partial charge is 0.327 e. The molecular formula is C14H15ClFN5. The van der Waals surface area contributed by atoms with E-state index in [-0.39, 0.29) is 11.7 Å². The Labute approximate surface area is 126 Å². The molecule has 0 aliphatic carbocycles. The smallest absolute Gasteiger partial charge is 0.152 e. The maximum absolute atomic E-state index is 13.6. The first-order valence-electron chi connectivity index (χ1n) is 6.64. The summed E-state index contributed by atoms with van der Waals surface area (Å²) >= 11 is 5.96. The van der Waals surface area contributed by atoms with Crippen LogP contribution in [0, 0.1) is 12.7 Å². The van der Waals surface area contributed by atoms with Crippen molar-refractivity contribution in [1.82, 2.24) is 24.3 Å². The molecule has 5 nitrogen and oxygen atoms in total. The molecule has 0 amide bonds. The number of aryl methyl sites for hydroxylation is 4. The minimum atomic E-state index is -0.250. The van der Waals surface area contributed by atoms with Crippen LogP contribution in [0.4, 0.5) is 4.39 Å². The zero-order valence-electron chi connectivity index (χ0n) is 11.8. The SMILES string of the molecule is Cc1cc2c(cc1F)nc(CCl)n2CCc1ncn(C)n1. The summed E-state index contributed by atoms with van der Waals surface area (Å²) in [5.41, 5.74) is 2.11. The lowest BCUT2D eigenvalue weighted by Crippen LogP contribution is -2.06. The van der Waals surface area contributed by atoms with Gasteiger partial charge in [0.05, 0.1) is 16.9 Å². The van der Waals surface area contributed by atoms with Gasteiger partial charge in [-0.2, -0.15) is 5.10 Å². The number of hydrogen-bond acceptors (Lipinski definition) is 3. The van der Waals surface area contributed by atoms with Crippen LogP contribution in [0.5, 0.6) is 0 Å². The first-order chi connectivity index (χ1) is 10.1. The minimum Gasteiger partial charge on any atom is -0.327 e. The Bertz CT molecular complexity index is 792. The molecule has 0 N–H and O–H groups in total. The van der Waals surface area contributed by atoms with Crippen LogP contribution < -0.4 is 0 Å². The molecule has 2 aromatic heterocycles. The minimum absolute atomic E-state index is 0.250. The summed E-state index contributed by atoms with van der Waals surface area (Å²) in [5.74, 6) is 1.52. The number of rotatable bonds is 4. The summed E-state index contributed by atoms with van der Waals surface area (Å²) in [6, 6.07) is 3.26. The van der Waals surface area contributed by atoms with Gasteiger partial charge in [-0.05, 0) is 18.6 Å². The van der Waals surface area contributed by atoms with Crippen molar-refractivity contribution in [2.24, 2.45) is 7.05 Å². The van der Waals surface area contributed by atoms with Crippen LogP contribution in [0.2, 0.25) is 0 Å². The van der Waals surface area contributed by atoms with E-state index in [2.05, 4.69) is 15.1 Å². The van der Waals surface area contributed by atoms with Gasteiger partial charge in [-0.3, -0.25) is 4.68 Å². The number of imidazole rings is 1. The number of hydrogen-bond donors (Lipinski definition) is 0. The predicted octanol–water partition coefficient (Wildman–Crippen LogP) is 2.59. The van der Waals surface area contributed by atoms with E-state index < -0.39 is 0 Å². The highest BCUT2D eigenvalue weighted by molar-refractivity contribution is 6.16. The van der Waals surface area contributed by atoms with E-state index in [1.165, 1.54) is 6.07 Å². The van der Waals surface area contributed by atoms with Crippen molar-refractivity contribution in [3.63, 3.8) is 0 Å². The van der Waals surface area contributed by atoms with Gasteiger partial charge in [0.25, 0.3) is 0 Å². The van der Waals surface area contributed by atoms with Crippen LogP contribution in [0.15, 0.2) is 18.5 Å². The molecule has 0 unspecified atom stereocenters. The topological polar surface area (TPSA) is 48.5 Å². The van der Waals surface area contributed by atoms with E-state index >= 15 is 0 Å². The number of aromatic nitrogens is 5. The van der Waals surface area contributed by atoms with Crippen molar-refractivity contribution in [2.75, 3.05) is 0 Å². The molecule has 0 saturated carbocycles. The lowest BCUT2D eigenvalue weighted by atomic mass is 10.2. The molecule has 110 valence electrons. The van der Waals surface area contributed by atoms with Gasteiger partial charge >= 0.3 is 0 Å². The Morgan fingerprint density at radius 3 is 2.81 bits per heavy atom. The Morgan fingerprint density at radius 1 is 1.33 bits per heavy atom. The number of halogens is 2. The third-order valence-electron chi connectivity index (χ3n) is 3.43. The lowest BCUT2D eigenvalue weighted by molar-refractivity contribution is 0.619. The second kappa shape index (κ2) is 5.44. The maximum Gasteiger partial charge on any atom is 0.152 e. The van der Waals surface area contributed by atoms with E-state index in [4.69, 9.17) is 11.6 Å². The Morgan fingerprint density at radius 2 is 2.14 bits per heavy atom. The second-order valence-electron chi connectivity index (χ2n) is 4.99. The van der Waals surface area contributed by atoms with Crippen LogP contribution in [-0.4, -0.2) is 24.3 Å². The molecule has 3 rings (SSSR count). The summed E-state index contributed by atoms with van der Waals surface area (Å²) in [6.45, 7) is 2.40. The highest BCUT2D eigenvalue weighted by Gasteiger charge is 2.13. The fraction of sp³-hybridized carbons (Fsp3) is 0.357. The molecule has 0 saturated heterocycles. The highest BCUT2D eigenvalue weighted by Crippen LogP contribution is 2.21. The van der Waals surface area contributed by atoms with Crippen LogP contribution in [0.25, 0.3) is 11.0 Å². The number of fused-ring (bicyclic) bond motifs is 1. The quantitative estimate of drug-likeness (QED) is 0.696. The van der Waals surface area contributed by atoms with Crippen LogP contribution in [0.3, 0.4) is 0 Å². The molecule has 0 aliphatic heterocycles. The zero-order chi connectivity index (χ0) is 15.0. The predicted molar refractivity (Wildman–Crippen MR) is 78.7 cm³/mol. The standard InChI is InChI=1S/C14H15ClFN5/c1-9-5-12-11(6-10(9)16)18-14(7-15)21(12)4-3-13-17-8-20(2)19-13/h5-6,8H,3-4,7H2,1-2H3.